The van der Waals surface area contributed by atoms with Crippen LogP contribution in [-0.2, 0) is 21.7 Å². The van der Waals surface area contributed by atoms with Crippen molar-refractivity contribution in [3.05, 3.63) is 161 Å². The molecule has 0 saturated carbocycles. The Morgan fingerprint density at radius 1 is 0.603 bits per heavy atom. The second kappa shape index (κ2) is 13.4. The number of furan rings is 1. The zero-order valence-electron chi connectivity index (χ0n) is 40.6. The quantitative estimate of drug-likeness (QED) is 0.179. The molecule has 11 aromatic rings. The van der Waals surface area contributed by atoms with E-state index in [-0.39, 0.29) is 21.7 Å². The number of aromatic nitrogens is 1. The first kappa shape index (κ1) is 40.5. The summed E-state index contributed by atoms with van der Waals surface area (Å²) in [7, 11) is 0.783. The Kier molecular flexibility index (Phi) is 7.96. The predicted octanol–water partition coefficient (Wildman–Crippen LogP) is 16.1. The first-order valence-corrected chi connectivity index (χ1v) is 25.5. The summed E-state index contributed by atoms with van der Waals surface area (Å²) in [4.78, 5) is 0. The highest BCUT2D eigenvalue weighted by atomic mass is 32.1. The Hall–Kier alpha value is -6.56. The molecule has 3 aliphatic rings. The monoisotopic (exact) mass is 898 g/mol. The first-order valence-electron chi connectivity index (χ1n) is 24.7. The molecule has 0 bridgehead atoms. The van der Waals surface area contributed by atoms with E-state index in [1.54, 1.807) is 0 Å². The predicted molar refractivity (Wildman–Crippen MR) is 294 cm³/mol. The lowest BCUT2D eigenvalue weighted by molar-refractivity contribution is 0.332. The van der Waals surface area contributed by atoms with Gasteiger partial charge in [0.2, 0.25) is 0 Å². The van der Waals surface area contributed by atoms with Crippen LogP contribution in [0.4, 0.5) is 11.4 Å². The number of benzene rings is 8. The van der Waals surface area contributed by atoms with Crippen molar-refractivity contribution in [2.45, 2.75) is 96.8 Å². The van der Waals surface area contributed by atoms with Gasteiger partial charge in [-0.05, 0) is 140 Å². The Labute approximate surface area is 403 Å². The molecule has 0 fully saturated rings. The summed E-state index contributed by atoms with van der Waals surface area (Å²) in [6.45, 7) is 21.7. The number of hydrogen-bond donors (Lipinski definition) is 1. The maximum absolute atomic E-state index is 6.71. The minimum atomic E-state index is -0.292. The molecule has 1 N–H and O–H groups in total. The Morgan fingerprint density at radius 2 is 1.31 bits per heavy atom. The van der Waals surface area contributed by atoms with Gasteiger partial charge < -0.3 is 14.3 Å². The lowest BCUT2D eigenvalue weighted by Gasteiger charge is -2.42. The molecule has 5 heteroatoms. The highest BCUT2D eigenvalue weighted by Crippen LogP contribution is 2.59. The van der Waals surface area contributed by atoms with Gasteiger partial charge >= 0.3 is 0 Å². The zero-order valence-corrected chi connectivity index (χ0v) is 41.4. The van der Waals surface area contributed by atoms with Crippen molar-refractivity contribution in [2.75, 3.05) is 5.32 Å². The molecule has 332 valence electrons. The summed E-state index contributed by atoms with van der Waals surface area (Å²) >= 11 is 1.91. The molecule has 8 aromatic carbocycles. The molecule has 0 radical (unpaired) electrons. The van der Waals surface area contributed by atoms with Crippen molar-refractivity contribution in [1.29, 1.82) is 0 Å². The van der Waals surface area contributed by atoms with Crippen LogP contribution >= 0.6 is 11.3 Å². The molecule has 1 aliphatic heterocycles. The maximum Gasteiger partial charge on any atom is 0.198 e. The van der Waals surface area contributed by atoms with E-state index in [1.807, 2.05) is 11.3 Å². The van der Waals surface area contributed by atoms with Crippen molar-refractivity contribution >= 4 is 105 Å². The topological polar surface area (TPSA) is 30.1 Å². The SMILES string of the molecule is CC(C)(C)c1ccc(Nc2cc3c(cc2-c2c4c(c5c6cc7c(cc6n6c5c2Bc2cc5oc8ccccc8c5cc2-6)C(C)(C)CCC7(C)C)-c2ccccc2C4(C)C)sc2ccccc23)cc1. The maximum atomic E-state index is 6.71. The van der Waals surface area contributed by atoms with Gasteiger partial charge in [0.15, 0.2) is 7.28 Å². The zero-order chi connectivity index (χ0) is 46.4. The number of nitrogens with one attached hydrogen (secondary N) is 1. The molecule has 0 atom stereocenters. The Bertz CT molecular complexity index is 4030. The minimum absolute atomic E-state index is 0.0494. The first-order chi connectivity index (χ1) is 32.6. The van der Waals surface area contributed by atoms with Crippen LogP contribution in [0.3, 0.4) is 0 Å². The third-order valence-electron chi connectivity index (χ3n) is 16.8. The highest BCUT2D eigenvalue weighted by Gasteiger charge is 2.44. The van der Waals surface area contributed by atoms with Crippen molar-refractivity contribution in [2.24, 2.45) is 0 Å². The van der Waals surface area contributed by atoms with Crippen LogP contribution in [0.25, 0.3) is 91.9 Å². The highest BCUT2D eigenvalue weighted by molar-refractivity contribution is 7.25. The molecule has 0 unspecified atom stereocenters. The van der Waals surface area contributed by atoms with E-state index in [2.05, 4.69) is 206 Å². The molecule has 3 aromatic heterocycles. The van der Waals surface area contributed by atoms with Crippen LogP contribution in [0.2, 0.25) is 0 Å². The number of anilines is 2. The van der Waals surface area contributed by atoms with Gasteiger partial charge in [-0.3, -0.25) is 0 Å². The summed E-state index contributed by atoms with van der Waals surface area (Å²) in [5.41, 5.74) is 23.1. The third-order valence-corrected chi connectivity index (χ3v) is 17.9. The second-order valence-electron chi connectivity index (χ2n) is 23.2. The van der Waals surface area contributed by atoms with Gasteiger partial charge in [0, 0.05) is 75.3 Å². The average Bonchev–Trinajstić information content (AvgIpc) is 4.03. The summed E-state index contributed by atoms with van der Waals surface area (Å²) in [5.74, 6) is 0. The van der Waals surface area contributed by atoms with E-state index >= 15 is 0 Å². The molecule has 14 rings (SSSR count). The number of hydrogen-bond acceptors (Lipinski definition) is 3. The van der Waals surface area contributed by atoms with Crippen LogP contribution < -0.4 is 16.2 Å². The fourth-order valence-electron chi connectivity index (χ4n) is 13.0. The number of thiophene rings is 1. The van der Waals surface area contributed by atoms with E-state index in [0.29, 0.717) is 0 Å². The van der Waals surface area contributed by atoms with Crippen LogP contribution in [0.5, 0.6) is 0 Å². The fourth-order valence-corrected chi connectivity index (χ4v) is 14.2. The van der Waals surface area contributed by atoms with Gasteiger partial charge in [-0.2, -0.15) is 0 Å². The minimum Gasteiger partial charge on any atom is -0.456 e. The van der Waals surface area contributed by atoms with Crippen molar-refractivity contribution in [3.8, 4) is 27.9 Å². The van der Waals surface area contributed by atoms with Crippen LogP contribution in [0.15, 0.2) is 138 Å². The standard InChI is InChI=1S/C63H55BN2OS/c1-60(2,3)34-22-24-35(25-23-34)65-47-29-40-37-17-12-15-21-52(37)68-53(40)31-41(47)56-57-54(38-18-10-13-19-43(38)63(57,8)9)55-42-28-44-45(62(6,7)27-26-61(44,4)5)32-48(42)66-49-30-39-36-16-11-14-20-50(36)67-51(39)33-46(49)64-58(56)59(55)66/h10-25,28-33,64-65H,26-27H2,1-9H3. The second-order valence-corrected chi connectivity index (χ2v) is 24.3. The van der Waals surface area contributed by atoms with Gasteiger partial charge in [0.05, 0.1) is 5.52 Å². The number of para-hydroxylation sites is 1. The lowest BCUT2D eigenvalue weighted by Crippen LogP contribution is -2.38. The van der Waals surface area contributed by atoms with Gasteiger partial charge in [-0.15, -0.1) is 11.3 Å². The van der Waals surface area contributed by atoms with Gasteiger partial charge in [-0.1, -0.05) is 141 Å². The molecular weight excluding hydrogens is 844 g/mol. The number of rotatable bonds is 3. The molecular formula is C63H55BN2OS. The largest absolute Gasteiger partial charge is 0.456 e. The normalized spacial score (nSPS) is 16.4. The van der Waals surface area contributed by atoms with Gasteiger partial charge in [0.1, 0.15) is 11.2 Å². The molecule has 3 nitrogen and oxygen atoms in total. The van der Waals surface area contributed by atoms with Crippen LogP contribution in [-0.4, -0.2) is 11.8 Å². The molecule has 0 saturated heterocycles. The van der Waals surface area contributed by atoms with Crippen molar-refractivity contribution in [3.63, 3.8) is 0 Å². The molecule has 0 amide bonds. The van der Waals surface area contributed by atoms with E-state index in [1.165, 1.54) is 120 Å². The number of nitrogens with zero attached hydrogens (tertiary/aromatic N) is 1. The van der Waals surface area contributed by atoms with E-state index in [0.717, 1.165) is 41.6 Å². The fraction of sp³-hybridized carbons (Fsp3) is 0.238. The van der Waals surface area contributed by atoms with E-state index in [9.17, 15) is 0 Å². The van der Waals surface area contributed by atoms with Crippen molar-refractivity contribution < 1.29 is 4.42 Å². The average molecular weight is 899 g/mol. The summed E-state index contributed by atoms with van der Waals surface area (Å²) in [5, 5.41) is 11.8. The molecule has 68 heavy (non-hydrogen) atoms. The molecule has 2 aliphatic carbocycles. The summed E-state index contributed by atoms with van der Waals surface area (Å²) in [6.07, 6.45) is 2.34. The number of fused-ring (bicyclic) bond motifs is 16. The Morgan fingerprint density at radius 3 is 2.09 bits per heavy atom. The molecule has 0 spiro atoms. The van der Waals surface area contributed by atoms with Gasteiger partial charge in [-0.25, -0.2) is 0 Å². The third kappa shape index (κ3) is 5.43. The van der Waals surface area contributed by atoms with E-state index < -0.39 is 0 Å². The molecule has 4 heterocycles. The van der Waals surface area contributed by atoms with Crippen molar-refractivity contribution in [1.82, 2.24) is 4.57 Å². The van der Waals surface area contributed by atoms with Crippen LogP contribution in [0.1, 0.15) is 103 Å². The van der Waals surface area contributed by atoms with Gasteiger partial charge in [0.25, 0.3) is 0 Å². The smallest absolute Gasteiger partial charge is 0.198 e. The summed E-state index contributed by atoms with van der Waals surface area (Å²) < 4.78 is 12.0. The summed E-state index contributed by atoms with van der Waals surface area (Å²) in [6, 6.07) is 51.0. The Balaban J connectivity index is 1.18. The lowest BCUT2D eigenvalue weighted by atomic mass is 9.57. The van der Waals surface area contributed by atoms with Crippen LogP contribution in [0, 0.1) is 0 Å². The van der Waals surface area contributed by atoms with E-state index in [4.69, 9.17) is 4.42 Å².